The van der Waals surface area contributed by atoms with Gasteiger partial charge in [-0.25, -0.2) is 0 Å². The van der Waals surface area contributed by atoms with Gasteiger partial charge in [0.05, 0.1) is 5.69 Å². The number of carbonyl (C=O) groups is 2. The van der Waals surface area contributed by atoms with Crippen molar-refractivity contribution in [1.82, 2.24) is 5.32 Å². The highest BCUT2D eigenvalue weighted by molar-refractivity contribution is 7.98. The fourth-order valence-corrected chi connectivity index (χ4v) is 3.08. The lowest BCUT2D eigenvalue weighted by Gasteiger charge is -2.33. The summed E-state index contributed by atoms with van der Waals surface area (Å²) in [6.45, 7) is 0.125. The van der Waals surface area contributed by atoms with Gasteiger partial charge in [-0.05, 0) is 37.1 Å². The third-order valence-electron chi connectivity index (χ3n) is 3.62. The van der Waals surface area contributed by atoms with Gasteiger partial charge in [0.2, 0.25) is 11.8 Å². The Morgan fingerprint density at radius 3 is 2.68 bits per heavy atom. The van der Waals surface area contributed by atoms with Gasteiger partial charge in [0.1, 0.15) is 12.6 Å². The van der Waals surface area contributed by atoms with Gasteiger partial charge in [0, 0.05) is 4.90 Å². The number of carbonyl (C=O) groups excluding carboxylic acids is 2. The lowest BCUT2D eigenvalue weighted by molar-refractivity contribution is -0.131. The van der Waals surface area contributed by atoms with E-state index in [4.69, 9.17) is 0 Å². The van der Waals surface area contributed by atoms with Crippen LogP contribution < -0.4 is 10.2 Å². The maximum atomic E-state index is 12.5. The summed E-state index contributed by atoms with van der Waals surface area (Å²) in [7, 11) is 0. The minimum Gasteiger partial charge on any atom is -0.342 e. The van der Waals surface area contributed by atoms with Crippen molar-refractivity contribution in [1.29, 1.82) is 0 Å². The first kappa shape index (κ1) is 12.5. The molecular weight excluding hydrogens is 260 g/mol. The van der Waals surface area contributed by atoms with Crippen LogP contribution in [0.25, 0.3) is 0 Å². The van der Waals surface area contributed by atoms with Crippen LogP contribution in [0.1, 0.15) is 12.8 Å². The van der Waals surface area contributed by atoms with Crippen LogP contribution in [0.15, 0.2) is 29.2 Å². The number of nitrogens with zero attached hydrogens (tertiary/aromatic N) is 1. The molecule has 2 amide bonds. The second kappa shape index (κ2) is 4.89. The molecule has 1 aromatic rings. The molecule has 4 nitrogen and oxygen atoms in total. The van der Waals surface area contributed by atoms with Crippen LogP contribution in [0.4, 0.5) is 5.69 Å². The van der Waals surface area contributed by atoms with Crippen LogP contribution >= 0.6 is 11.8 Å². The summed E-state index contributed by atoms with van der Waals surface area (Å²) in [6, 6.07) is 7.41. The van der Waals surface area contributed by atoms with E-state index in [1.807, 2.05) is 30.5 Å². The minimum absolute atomic E-state index is 0.0311. The van der Waals surface area contributed by atoms with E-state index in [1.165, 1.54) is 0 Å². The molecule has 1 atom stereocenters. The average molecular weight is 276 g/mol. The van der Waals surface area contributed by atoms with Gasteiger partial charge in [-0.3, -0.25) is 9.59 Å². The first-order valence-corrected chi connectivity index (χ1v) is 7.67. The fraction of sp³-hybridized carbons (Fsp3) is 0.429. The van der Waals surface area contributed by atoms with Gasteiger partial charge < -0.3 is 10.2 Å². The average Bonchev–Trinajstić information content (AvgIpc) is 3.25. The van der Waals surface area contributed by atoms with E-state index in [0.29, 0.717) is 5.92 Å². The van der Waals surface area contributed by atoms with Crippen molar-refractivity contribution >= 4 is 29.3 Å². The lowest BCUT2D eigenvalue weighted by atomic mass is 10.1. The molecule has 2 fully saturated rings. The smallest absolute Gasteiger partial charge is 0.250 e. The van der Waals surface area contributed by atoms with E-state index >= 15 is 0 Å². The monoisotopic (exact) mass is 276 g/mol. The van der Waals surface area contributed by atoms with Crippen molar-refractivity contribution in [2.75, 3.05) is 17.7 Å². The predicted molar refractivity (Wildman–Crippen MR) is 75.2 cm³/mol. The highest BCUT2D eigenvalue weighted by Gasteiger charge is 2.43. The molecule has 1 aromatic carbocycles. The highest BCUT2D eigenvalue weighted by Crippen LogP contribution is 2.36. The zero-order valence-electron chi connectivity index (χ0n) is 10.8. The number of para-hydroxylation sites is 1. The van der Waals surface area contributed by atoms with Crippen molar-refractivity contribution < 1.29 is 9.59 Å². The SMILES string of the molecule is CSc1ccccc1N1CC(=O)NC(C2CC2)C1=O. The van der Waals surface area contributed by atoms with Crippen molar-refractivity contribution in [2.45, 2.75) is 23.8 Å². The molecule has 0 bridgehead atoms. The van der Waals surface area contributed by atoms with Gasteiger partial charge >= 0.3 is 0 Å². The van der Waals surface area contributed by atoms with Crippen molar-refractivity contribution in [2.24, 2.45) is 5.92 Å². The molecule has 5 heteroatoms. The van der Waals surface area contributed by atoms with E-state index < -0.39 is 0 Å². The quantitative estimate of drug-likeness (QED) is 0.854. The van der Waals surface area contributed by atoms with Crippen molar-refractivity contribution in [3.8, 4) is 0 Å². The van der Waals surface area contributed by atoms with Crippen LogP contribution in [0.3, 0.4) is 0 Å². The number of nitrogens with one attached hydrogen (secondary N) is 1. The largest absolute Gasteiger partial charge is 0.342 e. The van der Waals surface area contributed by atoms with E-state index in [9.17, 15) is 9.59 Å². The van der Waals surface area contributed by atoms with Crippen LogP contribution in [0.2, 0.25) is 0 Å². The van der Waals surface area contributed by atoms with E-state index in [2.05, 4.69) is 5.32 Å². The zero-order chi connectivity index (χ0) is 13.4. The van der Waals surface area contributed by atoms with Gasteiger partial charge in [0.25, 0.3) is 0 Å². The molecule has 0 spiro atoms. The highest BCUT2D eigenvalue weighted by atomic mass is 32.2. The van der Waals surface area contributed by atoms with Gasteiger partial charge in [-0.15, -0.1) is 11.8 Å². The molecule has 1 unspecified atom stereocenters. The zero-order valence-corrected chi connectivity index (χ0v) is 11.6. The topological polar surface area (TPSA) is 49.4 Å². The number of piperazine rings is 1. The molecule has 1 N–H and O–H groups in total. The molecule has 1 saturated heterocycles. The Morgan fingerprint density at radius 2 is 2.00 bits per heavy atom. The minimum atomic E-state index is -0.323. The predicted octanol–water partition coefficient (Wildman–Crippen LogP) is 1.65. The summed E-state index contributed by atoms with van der Waals surface area (Å²) >= 11 is 1.59. The Kier molecular flexibility index (Phi) is 3.22. The molecular formula is C14H16N2O2S. The molecule has 1 aliphatic heterocycles. The normalized spacial score (nSPS) is 23.4. The van der Waals surface area contributed by atoms with Crippen molar-refractivity contribution in [3.63, 3.8) is 0 Å². The maximum absolute atomic E-state index is 12.5. The standard InChI is InChI=1S/C14H16N2O2S/c1-19-11-5-3-2-4-10(11)16-8-12(17)15-13(14(16)18)9-6-7-9/h2-5,9,13H,6-8H2,1H3,(H,15,17). The summed E-state index contributed by atoms with van der Waals surface area (Å²) in [5, 5.41) is 2.83. The molecule has 0 aromatic heterocycles. The summed E-state index contributed by atoms with van der Waals surface area (Å²) in [5.74, 6) is 0.302. The van der Waals surface area contributed by atoms with E-state index in [1.54, 1.807) is 16.7 Å². The van der Waals surface area contributed by atoms with Gasteiger partial charge in [0.15, 0.2) is 0 Å². The molecule has 2 aliphatic rings. The van der Waals surface area contributed by atoms with E-state index in [-0.39, 0.29) is 24.4 Å². The number of hydrogen-bond donors (Lipinski definition) is 1. The summed E-state index contributed by atoms with van der Waals surface area (Å²) in [4.78, 5) is 27.0. The Balaban J connectivity index is 1.93. The molecule has 1 heterocycles. The summed E-state index contributed by atoms with van der Waals surface area (Å²) in [5.41, 5.74) is 0.848. The second-order valence-electron chi connectivity index (χ2n) is 4.98. The van der Waals surface area contributed by atoms with Crippen LogP contribution in [0, 0.1) is 5.92 Å². The Bertz CT molecular complexity index is 528. The number of rotatable bonds is 3. The van der Waals surface area contributed by atoms with Crippen LogP contribution in [-0.4, -0.2) is 30.7 Å². The fourth-order valence-electron chi connectivity index (χ4n) is 2.48. The van der Waals surface area contributed by atoms with Crippen LogP contribution in [0.5, 0.6) is 0 Å². The molecule has 100 valence electrons. The lowest BCUT2D eigenvalue weighted by Crippen LogP contribution is -2.59. The third kappa shape index (κ3) is 2.34. The maximum Gasteiger partial charge on any atom is 0.250 e. The number of hydrogen-bond acceptors (Lipinski definition) is 3. The first-order chi connectivity index (χ1) is 9.20. The number of anilines is 1. The van der Waals surface area contributed by atoms with Crippen LogP contribution in [-0.2, 0) is 9.59 Å². The van der Waals surface area contributed by atoms with Gasteiger partial charge in [-0.1, -0.05) is 12.1 Å². The van der Waals surface area contributed by atoms with Gasteiger partial charge in [-0.2, -0.15) is 0 Å². The molecule has 19 heavy (non-hydrogen) atoms. The van der Waals surface area contributed by atoms with Crippen molar-refractivity contribution in [3.05, 3.63) is 24.3 Å². The number of thioether (sulfide) groups is 1. The third-order valence-corrected chi connectivity index (χ3v) is 4.40. The molecule has 1 saturated carbocycles. The first-order valence-electron chi connectivity index (χ1n) is 6.44. The molecule has 1 aliphatic carbocycles. The summed E-state index contributed by atoms with van der Waals surface area (Å²) < 4.78 is 0. The second-order valence-corrected chi connectivity index (χ2v) is 5.83. The van der Waals surface area contributed by atoms with E-state index in [0.717, 1.165) is 23.4 Å². The number of amides is 2. The summed E-state index contributed by atoms with van der Waals surface area (Å²) in [6.07, 6.45) is 4.05. The molecule has 3 rings (SSSR count). The Hall–Kier alpha value is -1.49. The number of benzene rings is 1. The Labute approximate surface area is 116 Å². The molecule has 0 radical (unpaired) electrons. The Morgan fingerprint density at radius 1 is 1.26 bits per heavy atom.